The minimum Gasteiger partial charge on any atom is -0.379 e. The van der Waals surface area contributed by atoms with E-state index in [1.807, 2.05) is 18.9 Å². The summed E-state index contributed by atoms with van der Waals surface area (Å²) in [5.41, 5.74) is 0.858. The van der Waals surface area contributed by atoms with Crippen molar-refractivity contribution in [2.75, 3.05) is 39.9 Å². The van der Waals surface area contributed by atoms with Gasteiger partial charge in [-0.2, -0.15) is 0 Å². The molecule has 0 aliphatic carbocycles. The number of nitrogens with zero attached hydrogens (tertiary/aromatic N) is 3. The number of rotatable bonds is 6. The van der Waals surface area contributed by atoms with E-state index in [2.05, 4.69) is 16.8 Å². The second-order valence-corrected chi connectivity index (χ2v) is 6.57. The fraction of sp³-hybridized carbons (Fsp3) is 0.733. The van der Waals surface area contributed by atoms with Gasteiger partial charge in [-0.1, -0.05) is 13.3 Å². The maximum atomic E-state index is 12.4. The molecule has 5 nitrogen and oxygen atoms in total. The van der Waals surface area contributed by atoms with Crippen LogP contribution in [0.25, 0.3) is 0 Å². The Morgan fingerprint density at radius 2 is 2.14 bits per heavy atom. The molecule has 1 aromatic rings. The zero-order chi connectivity index (χ0) is 15.2. The SMILES string of the molecule is CCCCN(C)C(=O)c1sc(CN2CCOCC2)nc1C. The third-order valence-electron chi connectivity index (χ3n) is 3.69. The lowest BCUT2D eigenvalue weighted by molar-refractivity contribution is 0.0341. The van der Waals surface area contributed by atoms with Gasteiger partial charge in [-0.3, -0.25) is 9.69 Å². The molecule has 0 N–H and O–H groups in total. The van der Waals surface area contributed by atoms with Crippen molar-refractivity contribution in [1.82, 2.24) is 14.8 Å². The van der Waals surface area contributed by atoms with Gasteiger partial charge in [0.1, 0.15) is 9.88 Å². The Morgan fingerprint density at radius 1 is 1.43 bits per heavy atom. The van der Waals surface area contributed by atoms with Gasteiger partial charge in [0.2, 0.25) is 0 Å². The van der Waals surface area contributed by atoms with Crippen molar-refractivity contribution < 1.29 is 9.53 Å². The maximum absolute atomic E-state index is 12.4. The van der Waals surface area contributed by atoms with E-state index < -0.39 is 0 Å². The first-order chi connectivity index (χ1) is 10.1. The van der Waals surface area contributed by atoms with E-state index >= 15 is 0 Å². The second-order valence-electron chi connectivity index (χ2n) is 5.49. The third-order valence-corrected chi connectivity index (χ3v) is 4.82. The fourth-order valence-corrected chi connectivity index (χ4v) is 3.44. The van der Waals surface area contributed by atoms with Gasteiger partial charge in [-0.15, -0.1) is 11.3 Å². The molecule has 21 heavy (non-hydrogen) atoms. The standard InChI is InChI=1S/C15H25N3O2S/c1-4-5-6-17(3)15(19)14-12(2)16-13(21-14)11-18-7-9-20-10-8-18/h4-11H2,1-3H3. The summed E-state index contributed by atoms with van der Waals surface area (Å²) >= 11 is 1.54. The van der Waals surface area contributed by atoms with E-state index in [4.69, 9.17) is 4.74 Å². The summed E-state index contributed by atoms with van der Waals surface area (Å²) < 4.78 is 5.35. The first kappa shape index (κ1) is 16.4. The number of unbranched alkanes of at least 4 members (excludes halogenated alkanes) is 1. The van der Waals surface area contributed by atoms with Crippen LogP contribution in [-0.2, 0) is 11.3 Å². The van der Waals surface area contributed by atoms with Crippen LogP contribution in [0.5, 0.6) is 0 Å². The first-order valence-corrected chi connectivity index (χ1v) is 8.45. The van der Waals surface area contributed by atoms with Gasteiger partial charge in [0, 0.05) is 26.7 Å². The average Bonchev–Trinajstić information content (AvgIpc) is 2.85. The van der Waals surface area contributed by atoms with Gasteiger partial charge in [0.15, 0.2) is 0 Å². The monoisotopic (exact) mass is 311 g/mol. The van der Waals surface area contributed by atoms with Crippen molar-refractivity contribution in [2.45, 2.75) is 33.2 Å². The predicted molar refractivity (Wildman–Crippen MR) is 84.8 cm³/mol. The molecule has 1 fully saturated rings. The van der Waals surface area contributed by atoms with Crippen molar-refractivity contribution in [3.8, 4) is 0 Å². The molecule has 0 aromatic carbocycles. The number of carbonyl (C=O) groups is 1. The highest BCUT2D eigenvalue weighted by Gasteiger charge is 2.20. The minimum atomic E-state index is 0.103. The van der Waals surface area contributed by atoms with Crippen LogP contribution in [0.4, 0.5) is 0 Å². The number of ether oxygens (including phenoxy) is 1. The Hall–Kier alpha value is -0.980. The van der Waals surface area contributed by atoms with Gasteiger partial charge in [-0.05, 0) is 13.3 Å². The first-order valence-electron chi connectivity index (χ1n) is 7.63. The molecule has 1 aliphatic rings. The summed E-state index contributed by atoms with van der Waals surface area (Å²) in [6.07, 6.45) is 2.14. The molecule has 0 atom stereocenters. The summed E-state index contributed by atoms with van der Waals surface area (Å²) in [6.45, 7) is 9.16. The molecule has 0 spiro atoms. The minimum absolute atomic E-state index is 0.103. The Labute approximate surface area is 130 Å². The Balaban J connectivity index is 1.99. The molecular formula is C15H25N3O2S. The number of morpholine rings is 1. The number of aromatic nitrogens is 1. The van der Waals surface area contributed by atoms with Gasteiger partial charge in [0.05, 0.1) is 25.5 Å². The van der Waals surface area contributed by atoms with Crippen LogP contribution in [0.15, 0.2) is 0 Å². The fourth-order valence-electron chi connectivity index (χ4n) is 2.34. The number of thiazole rings is 1. The third kappa shape index (κ3) is 4.49. The molecule has 1 amide bonds. The quantitative estimate of drug-likeness (QED) is 0.807. The lowest BCUT2D eigenvalue weighted by Crippen LogP contribution is -2.35. The molecule has 6 heteroatoms. The van der Waals surface area contributed by atoms with Crippen LogP contribution in [-0.4, -0.2) is 60.6 Å². The van der Waals surface area contributed by atoms with Gasteiger partial charge in [-0.25, -0.2) is 4.98 Å². The molecule has 0 saturated carbocycles. The number of aryl methyl sites for hydroxylation is 1. The zero-order valence-electron chi connectivity index (χ0n) is 13.2. The number of carbonyl (C=O) groups excluding carboxylic acids is 1. The summed E-state index contributed by atoms with van der Waals surface area (Å²) in [6, 6.07) is 0. The molecular weight excluding hydrogens is 286 g/mol. The molecule has 0 unspecified atom stereocenters. The van der Waals surface area contributed by atoms with Crippen molar-refractivity contribution in [3.63, 3.8) is 0 Å². The van der Waals surface area contributed by atoms with Crippen LogP contribution in [0.2, 0.25) is 0 Å². The van der Waals surface area contributed by atoms with Crippen LogP contribution >= 0.6 is 11.3 Å². The normalized spacial score (nSPS) is 16.1. The largest absolute Gasteiger partial charge is 0.379 e. The molecule has 2 heterocycles. The Bertz CT molecular complexity index is 469. The number of hydrogen-bond donors (Lipinski definition) is 0. The van der Waals surface area contributed by atoms with E-state index in [0.717, 1.165) is 67.8 Å². The van der Waals surface area contributed by atoms with Crippen molar-refractivity contribution in [3.05, 3.63) is 15.6 Å². The van der Waals surface area contributed by atoms with Crippen LogP contribution < -0.4 is 0 Å². The second kappa shape index (κ2) is 7.87. The lowest BCUT2D eigenvalue weighted by atomic mass is 10.3. The highest BCUT2D eigenvalue weighted by molar-refractivity contribution is 7.13. The van der Waals surface area contributed by atoms with Crippen LogP contribution in [0, 0.1) is 6.92 Å². The molecule has 1 aromatic heterocycles. The predicted octanol–water partition coefficient (Wildman–Crippen LogP) is 2.16. The van der Waals surface area contributed by atoms with Crippen LogP contribution in [0.3, 0.4) is 0 Å². The summed E-state index contributed by atoms with van der Waals surface area (Å²) in [7, 11) is 1.87. The van der Waals surface area contributed by atoms with E-state index in [-0.39, 0.29) is 5.91 Å². The molecule has 2 rings (SSSR count). The summed E-state index contributed by atoms with van der Waals surface area (Å²) in [5, 5.41) is 1.03. The van der Waals surface area contributed by atoms with E-state index in [9.17, 15) is 4.79 Å². The van der Waals surface area contributed by atoms with E-state index in [1.165, 1.54) is 11.3 Å². The number of amides is 1. The summed E-state index contributed by atoms with van der Waals surface area (Å²) in [5.74, 6) is 0.103. The highest BCUT2D eigenvalue weighted by Crippen LogP contribution is 2.21. The molecule has 1 aliphatic heterocycles. The van der Waals surface area contributed by atoms with Gasteiger partial charge in [0.25, 0.3) is 5.91 Å². The Morgan fingerprint density at radius 3 is 2.81 bits per heavy atom. The van der Waals surface area contributed by atoms with E-state index in [1.54, 1.807) is 0 Å². The highest BCUT2D eigenvalue weighted by atomic mass is 32.1. The van der Waals surface area contributed by atoms with Gasteiger partial charge >= 0.3 is 0 Å². The smallest absolute Gasteiger partial charge is 0.265 e. The van der Waals surface area contributed by atoms with Crippen molar-refractivity contribution >= 4 is 17.2 Å². The summed E-state index contributed by atoms with van der Waals surface area (Å²) in [4.78, 5) is 21.9. The zero-order valence-corrected chi connectivity index (χ0v) is 14.0. The van der Waals surface area contributed by atoms with Gasteiger partial charge < -0.3 is 9.64 Å². The average molecular weight is 311 g/mol. The van der Waals surface area contributed by atoms with E-state index in [0.29, 0.717) is 0 Å². The van der Waals surface area contributed by atoms with Crippen molar-refractivity contribution in [2.24, 2.45) is 0 Å². The maximum Gasteiger partial charge on any atom is 0.265 e. The van der Waals surface area contributed by atoms with Crippen molar-refractivity contribution in [1.29, 1.82) is 0 Å². The molecule has 0 bridgehead atoms. The molecule has 118 valence electrons. The lowest BCUT2D eigenvalue weighted by Gasteiger charge is -2.25. The Kier molecular flexibility index (Phi) is 6.14. The molecule has 0 radical (unpaired) electrons. The molecule has 1 saturated heterocycles. The topological polar surface area (TPSA) is 45.7 Å². The number of hydrogen-bond acceptors (Lipinski definition) is 5. The van der Waals surface area contributed by atoms with Crippen LogP contribution in [0.1, 0.15) is 40.1 Å².